The molecule has 1 aromatic carbocycles. The van der Waals surface area contributed by atoms with Crippen molar-refractivity contribution in [2.75, 3.05) is 6.54 Å². The molecule has 32 heavy (non-hydrogen) atoms. The number of hydrogen-bond acceptors (Lipinski definition) is 6. The van der Waals surface area contributed by atoms with E-state index in [1.54, 1.807) is 13.8 Å². The minimum atomic E-state index is -4.71. The van der Waals surface area contributed by atoms with Crippen LogP contribution in [0.4, 0.5) is 13.2 Å². The minimum Gasteiger partial charge on any atom is -0.480 e. The number of amides is 1. The highest BCUT2D eigenvalue weighted by Gasteiger charge is 2.37. The minimum absolute atomic E-state index is 0.0420. The highest BCUT2D eigenvalue weighted by molar-refractivity contribution is 7.89. The topological polar surface area (TPSA) is 130 Å². The molecule has 3 rings (SSSR count). The lowest BCUT2D eigenvalue weighted by Gasteiger charge is -2.26. The Bertz CT molecular complexity index is 1140. The van der Waals surface area contributed by atoms with Gasteiger partial charge in [-0.25, -0.2) is 13.2 Å². The van der Waals surface area contributed by atoms with Crippen molar-refractivity contribution in [3.63, 3.8) is 0 Å². The zero-order valence-electron chi connectivity index (χ0n) is 17.0. The summed E-state index contributed by atoms with van der Waals surface area (Å²) in [5.41, 5.74) is -1.23. The van der Waals surface area contributed by atoms with Crippen LogP contribution in [-0.2, 0) is 34.0 Å². The van der Waals surface area contributed by atoms with Gasteiger partial charge in [-0.15, -0.1) is 0 Å². The highest BCUT2D eigenvalue weighted by Crippen LogP contribution is 2.32. The first-order chi connectivity index (χ1) is 14.8. The van der Waals surface area contributed by atoms with Gasteiger partial charge in [0.1, 0.15) is 11.8 Å². The average molecular weight is 475 g/mol. The molecule has 0 bridgehead atoms. The van der Waals surface area contributed by atoms with Gasteiger partial charge in [-0.1, -0.05) is 25.1 Å². The fourth-order valence-corrected chi connectivity index (χ4v) is 4.73. The van der Waals surface area contributed by atoms with Gasteiger partial charge in [0.2, 0.25) is 10.0 Å². The summed E-state index contributed by atoms with van der Waals surface area (Å²) < 4.78 is 71.0. The van der Waals surface area contributed by atoms with Crippen LogP contribution in [0.5, 0.6) is 0 Å². The van der Waals surface area contributed by atoms with Crippen molar-refractivity contribution in [3.05, 3.63) is 46.8 Å². The van der Waals surface area contributed by atoms with Crippen LogP contribution in [0.3, 0.4) is 0 Å². The van der Waals surface area contributed by atoms with E-state index in [0.717, 1.165) is 22.5 Å². The van der Waals surface area contributed by atoms with Crippen LogP contribution in [0.2, 0.25) is 0 Å². The van der Waals surface area contributed by atoms with Crippen molar-refractivity contribution in [3.8, 4) is 0 Å². The number of nitrogens with zero attached hydrogens (tertiary/aromatic N) is 2. The van der Waals surface area contributed by atoms with Gasteiger partial charge in [0.25, 0.3) is 5.91 Å². The highest BCUT2D eigenvalue weighted by atomic mass is 32.2. The summed E-state index contributed by atoms with van der Waals surface area (Å²) in [7, 11) is -4.32. The monoisotopic (exact) mass is 475 g/mol. The maximum atomic E-state index is 13.0. The van der Waals surface area contributed by atoms with E-state index in [4.69, 9.17) is 4.52 Å². The first-order valence-corrected chi connectivity index (χ1v) is 10.9. The number of alkyl halides is 3. The van der Waals surface area contributed by atoms with E-state index in [-0.39, 0.29) is 36.5 Å². The van der Waals surface area contributed by atoms with Crippen LogP contribution in [0.1, 0.15) is 41.2 Å². The lowest BCUT2D eigenvalue weighted by molar-refractivity contribution is -0.140. The number of hydrogen-bond donors (Lipinski definition) is 2. The zero-order valence-corrected chi connectivity index (χ0v) is 17.8. The second-order valence-corrected chi connectivity index (χ2v) is 9.52. The lowest BCUT2D eigenvalue weighted by atomic mass is 10.0. The molecule has 0 fully saturated rings. The number of carbonyl (C=O) groups is 2. The van der Waals surface area contributed by atoms with E-state index in [1.165, 1.54) is 0 Å². The van der Waals surface area contributed by atoms with Gasteiger partial charge in [0, 0.05) is 25.1 Å². The van der Waals surface area contributed by atoms with Gasteiger partial charge in [0.05, 0.1) is 10.5 Å². The van der Waals surface area contributed by atoms with E-state index in [2.05, 4.69) is 10.5 Å². The SMILES string of the molecule is CC(C)C(NC(=O)c1noc2c1CN(S(=O)(=O)c1cccc(C(F)(F)F)c1)CC2)C(=O)O. The number of fused-ring (bicyclic) bond motifs is 1. The van der Waals surface area contributed by atoms with Crippen molar-refractivity contribution in [2.24, 2.45) is 5.92 Å². The van der Waals surface area contributed by atoms with Gasteiger partial charge in [-0.05, 0) is 24.1 Å². The Hall–Kier alpha value is -2.93. The van der Waals surface area contributed by atoms with Crippen molar-refractivity contribution in [1.29, 1.82) is 0 Å². The Labute approximate surface area is 181 Å². The fraction of sp³-hybridized carbons (Fsp3) is 0.421. The van der Waals surface area contributed by atoms with Crippen LogP contribution in [0.25, 0.3) is 0 Å². The molecule has 1 aliphatic rings. The second-order valence-electron chi connectivity index (χ2n) is 7.58. The number of rotatable bonds is 6. The number of carboxylic acid groups (broad SMARTS) is 1. The summed E-state index contributed by atoms with van der Waals surface area (Å²) in [6.45, 7) is 2.74. The summed E-state index contributed by atoms with van der Waals surface area (Å²) in [4.78, 5) is 23.4. The number of carbonyl (C=O) groups excluding carboxylic acids is 1. The van der Waals surface area contributed by atoms with Crippen LogP contribution < -0.4 is 5.32 Å². The van der Waals surface area contributed by atoms with Crippen LogP contribution >= 0.6 is 0 Å². The number of carboxylic acids is 1. The molecule has 1 aliphatic heterocycles. The van der Waals surface area contributed by atoms with Gasteiger partial charge in [-0.2, -0.15) is 17.5 Å². The third-order valence-corrected chi connectivity index (χ3v) is 6.87. The Kier molecular flexibility index (Phi) is 6.33. The molecule has 2 heterocycles. The number of aliphatic carboxylic acids is 1. The van der Waals surface area contributed by atoms with E-state index in [1.807, 2.05) is 0 Å². The van der Waals surface area contributed by atoms with Crippen molar-refractivity contribution >= 4 is 21.9 Å². The molecule has 2 aromatic rings. The summed E-state index contributed by atoms with van der Waals surface area (Å²) in [5, 5.41) is 15.2. The Morgan fingerprint density at radius 1 is 1.28 bits per heavy atom. The Morgan fingerprint density at radius 3 is 2.56 bits per heavy atom. The molecule has 13 heteroatoms. The average Bonchev–Trinajstić information content (AvgIpc) is 3.14. The summed E-state index contributed by atoms with van der Waals surface area (Å²) >= 11 is 0. The van der Waals surface area contributed by atoms with E-state index < -0.39 is 50.5 Å². The van der Waals surface area contributed by atoms with Crippen LogP contribution in [-0.4, -0.2) is 47.4 Å². The third-order valence-electron chi connectivity index (χ3n) is 5.03. The van der Waals surface area contributed by atoms with Gasteiger partial charge < -0.3 is 14.9 Å². The molecule has 0 radical (unpaired) electrons. The second kappa shape index (κ2) is 8.54. The number of sulfonamides is 1. The van der Waals surface area contributed by atoms with Gasteiger partial charge >= 0.3 is 12.1 Å². The normalized spacial score (nSPS) is 15.9. The first-order valence-electron chi connectivity index (χ1n) is 9.51. The smallest absolute Gasteiger partial charge is 0.416 e. The van der Waals surface area contributed by atoms with Crippen molar-refractivity contribution in [1.82, 2.24) is 14.8 Å². The van der Waals surface area contributed by atoms with Crippen LogP contribution in [0, 0.1) is 5.92 Å². The quantitative estimate of drug-likeness (QED) is 0.656. The van der Waals surface area contributed by atoms with E-state index >= 15 is 0 Å². The summed E-state index contributed by atoms with van der Waals surface area (Å²) in [6, 6.07) is 2.17. The molecule has 0 aliphatic carbocycles. The Morgan fingerprint density at radius 2 is 1.97 bits per heavy atom. The molecular weight excluding hydrogens is 455 g/mol. The largest absolute Gasteiger partial charge is 0.480 e. The standard InChI is InChI=1S/C19H20F3N3O6S/c1-10(2)15(18(27)28)23-17(26)16-13-9-25(7-6-14(13)31-24-16)32(29,30)12-5-3-4-11(8-12)19(20,21)22/h3-5,8,10,15H,6-7,9H2,1-2H3,(H,23,26)(H,27,28). The summed E-state index contributed by atoms with van der Waals surface area (Å²) in [6.07, 6.45) is -4.67. The molecule has 1 unspecified atom stereocenters. The molecule has 0 saturated carbocycles. The number of aromatic nitrogens is 1. The van der Waals surface area contributed by atoms with Crippen LogP contribution in [0.15, 0.2) is 33.7 Å². The molecule has 174 valence electrons. The fourth-order valence-electron chi connectivity index (χ4n) is 3.27. The van der Waals surface area contributed by atoms with Gasteiger partial charge in [-0.3, -0.25) is 4.79 Å². The van der Waals surface area contributed by atoms with E-state index in [9.17, 15) is 36.3 Å². The van der Waals surface area contributed by atoms with Gasteiger partial charge in [0.15, 0.2) is 5.69 Å². The molecule has 9 nitrogen and oxygen atoms in total. The number of nitrogens with one attached hydrogen (secondary N) is 1. The lowest BCUT2D eigenvalue weighted by Crippen LogP contribution is -2.45. The zero-order chi connectivity index (χ0) is 23.8. The molecule has 0 spiro atoms. The first kappa shape index (κ1) is 23.7. The predicted octanol–water partition coefficient (Wildman–Crippen LogP) is 2.28. The molecule has 0 saturated heterocycles. The number of halogens is 3. The molecule has 1 aromatic heterocycles. The maximum absolute atomic E-state index is 13.0. The van der Waals surface area contributed by atoms with E-state index in [0.29, 0.717) is 6.07 Å². The van der Waals surface area contributed by atoms with Crippen molar-refractivity contribution < 1.29 is 40.8 Å². The molecule has 2 N–H and O–H groups in total. The third kappa shape index (κ3) is 4.63. The maximum Gasteiger partial charge on any atom is 0.416 e. The summed E-state index contributed by atoms with van der Waals surface area (Å²) in [5.74, 6) is -2.28. The molecule has 1 amide bonds. The predicted molar refractivity (Wildman–Crippen MR) is 103 cm³/mol. The molecular formula is C19H20F3N3O6S. The molecule has 1 atom stereocenters. The Balaban J connectivity index is 1.88. The number of benzene rings is 1. The van der Waals surface area contributed by atoms with Crippen molar-refractivity contribution in [2.45, 2.75) is 43.9 Å².